The quantitative estimate of drug-likeness (QED) is 0.581. The molecule has 0 aliphatic heterocycles. The van der Waals surface area contributed by atoms with Crippen molar-refractivity contribution in [2.45, 2.75) is 6.54 Å². The summed E-state index contributed by atoms with van der Waals surface area (Å²) in [5.74, 6) is -4.67. The molecule has 6 nitrogen and oxygen atoms in total. The predicted octanol–water partition coefficient (Wildman–Crippen LogP) is 0.882. The van der Waals surface area contributed by atoms with Crippen LogP contribution in [-0.4, -0.2) is 39.1 Å². The normalized spacial score (nSPS) is 11.6. The van der Waals surface area contributed by atoms with Gasteiger partial charge in [0.2, 0.25) is 0 Å². The van der Waals surface area contributed by atoms with E-state index in [1.807, 2.05) is 12.1 Å². The number of hydrogen-bond donors (Lipinski definition) is 3. The highest BCUT2D eigenvalue weighted by Crippen LogP contribution is 2.19. The summed E-state index contributed by atoms with van der Waals surface area (Å²) in [6, 6.07) is 8.85. The summed E-state index contributed by atoms with van der Waals surface area (Å²) in [5, 5.41) is 4.90. The van der Waals surface area contributed by atoms with Crippen LogP contribution >= 0.6 is 0 Å². The average Bonchev–Trinajstić information content (AvgIpc) is 2.67. The smallest absolute Gasteiger partial charge is 0.279 e. The molecule has 2 rings (SSSR count). The van der Waals surface area contributed by atoms with E-state index in [-0.39, 0.29) is 19.0 Å². The molecule has 0 fully saturated rings. The zero-order valence-electron chi connectivity index (χ0n) is 15.4. The first-order chi connectivity index (χ1) is 13.3. The van der Waals surface area contributed by atoms with Crippen LogP contribution in [0, 0.1) is 17.5 Å². The van der Waals surface area contributed by atoms with E-state index < -0.39 is 29.0 Å². The molecule has 2 aromatic carbocycles. The number of anilines is 1. The second kappa shape index (κ2) is 9.75. The summed E-state index contributed by atoms with van der Waals surface area (Å²) in [6.07, 6.45) is 0. The first kappa shape index (κ1) is 21.2. The lowest BCUT2D eigenvalue weighted by Crippen LogP contribution is -3.11. The van der Waals surface area contributed by atoms with Crippen molar-refractivity contribution in [1.29, 1.82) is 0 Å². The van der Waals surface area contributed by atoms with Crippen molar-refractivity contribution in [2.75, 3.05) is 32.6 Å². The Morgan fingerprint density at radius 3 is 2.25 bits per heavy atom. The zero-order valence-corrected chi connectivity index (χ0v) is 15.4. The van der Waals surface area contributed by atoms with E-state index in [0.29, 0.717) is 17.2 Å². The van der Waals surface area contributed by atoms with Crippen molar-refractivity contribution in [2.24, 2.45) is 0 Å². The Labute approximate surface area is 160 Å². The zero-order chi connectivity index (χ0) is 20.7. The fourth-order valence-corrected chi connectivity index (χ4v) is 2.43. The van der Waals surface area contributed by atoms with Gasteiger partial charge in [-0.25, -0.2) is 13.2 Å². The summed E-state index contributed by atoms with van der Waals surface area (Å²) in [7, 11) is 3.17. The van der Waals surface area contributed by atoms with Crippen LogP contribution < -0.4 is 20.3 Å². The summed E-state index contributed by atoms with van der Waals surface area (Å²) in [6.45, 7) is 0.167. The third-order valence-electron chi connectivity index (χ3n) is 3.88. The maximum Gasteiger partial charge on any atom is 0.279 e. The van der Waals surface area contributed by atoms with Crippen molar-refractivity contribution in [3.8, 4) is 5.75 Å². The molecule has 2 amide bonds. The van der Waals surface area contributed by atoms with Crippen molar-refractivity contribution in [1.82, 2.24) is 5.32 Å². The SMILES string of the molecule is COc1ccc(CNC(=O)C[NH+](C)CC(=O)Nc2ccc(F)c(F)c2F)cc1. The minimum atomic E-state index is -1.66. The van der Waals surface area contributed by atoms with Crippen LogP contribution in [0.15, 0.2) is 36.4 Å². The van der Waals surface area contributed by atoms with Gasteiger partial charge in [0, 0.05) is 6.54 Å². The lowest BCUT2D eigenvalue weighted by molar-refractivity contribution is -0.862. The molecule has 0 aromatic heterocycles. The number of likely N-dealkylation sites (N-methyl/N-ethyl adjacent to an activating group) is 1. The van der Waals surface area contributed by atoms with Crippen LogP contribution in [-0.2, 0) is 16.1 Å². The molecule has 0 heterocycles. The van der Waals surface area contributed by atoms with E-state index in [1.165, 1.54) is 0 Å². The topological polar surface area (TPSA) is 71.9 Å². The number of rotatable bonds is 8. The molecule has 1 unspecified atom stereocenters. The van der Waals surface area contributed by atoms with Crippen molar-refractivity contribution in [3.63, 3.8) is 0 Å². The van der Waals surface area contributed by atoms with Gasteiger partial charge in [-0.2, -0.15) is 0 Å². The van der Waals surface area contributed by atoms with E-state index in [1.54, 1.807) is 26.3 Å². The lowest BCUT2D eigenvalue weighted by Gasteiger charge is -2.14. The molecular weight excluding hydrogens is 375 g/mol. The van der Waals surface area contributed by atoms with Crippen molar-refractivity contribution in [3.05, 3.63) is 59.4 Å². The molecule has 0 aliphatic carbocycles. The van der Waals surface area contributed by atoms with E-state index in [0.717, 1.165) is 17.7 Å². The molecular formula is C19H21F3N3O3+. The van der Waals surface area contributed by atoms with Gasteiger partial charge >= 0.3 is 0 Å². The molecule has 0 bridgehead atoms. The van der Waals surface area contributed by atoms with Gasteiger partial charge < -0.3 is 20.3 Å². The Morgan fingerprint density at radius 1 is 0.964 bits per heavy atom. The molecule has 1 atom stereocenters. The molecule has 28 heavy (non-hydrogen) atoms. The van der Waals surface area contributed by atoms with Crippen LogP contribution in [0.25, 0.3) is 0 Å². The number of nitrogens with one attached hydrogen (secondary N) is 3. The molecule has 3 N–H and O–H groups in total. The number of benzene rings is 2. The van der Waals surface area contributed by atoms with Gasteiger partial charge in [-0.15, -0.1) is 0 Å². The Kier molecular flexibility index (Phi) is 7.39. The largest absolute Gasteiger partial charge is 0.497 e. The molecule has 0 saturated carbocycles. The Hall–Kier alpha value is -3.07. The molecule has 0 aliphatic rings. The van der Waals surface area contributed by atoms with Gasteiger partial charge in [0.1, 0.15) is 5.75 Å². The molecule has 0 spiro atoms. The third kappa shape index (κ3) is 5.98. The number of methoxy groups -OCH3 is 1. The van der Waals surface area contributed by atoms with Gasteiger partial charge in [-0.1, -0.05) is 12.1 Å². The van der Waals surface area contributed by atoms with Gasteiger partial charge in [0.15, 0.2) is 30.5 Å². The lowest BCUT2D eigenvalue weighted by atomic mass is 10.2. The number of amides is 2. The standard InChI is InChI=1S/C19H20F3N3O3/c1-25(10-16(26)23-9-12-3-5-13(28-2)6-4-12)11-17(27)24-15-8-7-14(20)18(21)19(15)22/h3-8H,9-11H2,1-2H3,(H,23,26)(H,24,27)/p+1. The first-order valence-electron chi connectivity index (χ1n) is 8.44. The van der Waals surface area contributed by atoms with E-state index in [9.17, 15) is 22.8 Å². The van der Waals surface area contributed by atoms with Crippen LogP contribution in [0.5, 0.6) is 5.75 Å². The highest BCUT2D eigenvalue weighted by Gasteiger charge is 2.18. The number of carbonyl (C=O) groups excluding carboxylic acids is 2. The van der Waals surface area contributed by atoms with Crippen molar-refractivity contribution < 1.29 is 32.4 Å². The van der Waals surface area contributed by atoms with E-state index >= 15 is 0 Å². The minimum absolute atomic E-state index is 0.00381. The summed E-state index contributed by atoms with van der Waals surface area (Å²) in [5.41, 5.74) is 0.430. The summed E-state index contributed by atoms with van der Waals surface area (Å²) < 4.78 is 44.7. The highest BCUT2D eigenvalue weighted by atomic mass is 19.2. The molecule has 0 radical (unpaired) electrons. The number of hydrogen-bond acceptors (Lipinski definition) is 3. The summed E-state index contributed by atoms with van der Waals surface area (Å²) in [4.78, 5) is 24.5. The number of halogens is 3. The van der Waals surface area contributed by atoms with E-state index in [4.69, 9.17) is 4.74 Å². The molecule has 150 valence electrons. The van der Waals surface area contributed by atoms with Crippen LogP contribution in [0.2, 0.25) is 0 Å². The molecule has 0 saturated heterocycles. The van der Waals surface area contributed by atoms with E-state index in [2.05, 4.69) is 10.6 Å². The van der Waals surface area contributed by atoms with Gasteiger partial charge in [0.25, 0.3) is 11.8 Å². The summed E-state index contributed by atoms with van der Waals surface area (Å²) >= 11 is 0. The fraction of sp³-hybridized carbons (Fsp3) is 0.263. The average molecular weight is 396 g/mol. The monoisotopic (exact) mass is 396 g/mol. The minimum Gasteiger partial charge on any atom is -0.497 e. The maximum atomic E-state index is 13.6. The van der Waals surface area contributed by atoms with Gasteiger partial charge in [0.05, 0.1) is 19.8 Å². The molecule has 9 heteroatoms. The van der Waals surface area contributed by atoms with Crippen LogP contribution in [0.3, 0.4) is 0 Å². The highest BCUT2D eigenvalue weighted by molar-refractivity contribution is 5.91. The van der Waals surface area contributed by atoms with Gasteiger partial charge in [-0.3, -0.25) is 9.59 Å². The molecule has 2 aromatic rings. The number of carbonyl (C=O) groups is 2. The van der Waals surface area contributed by atoms with Crippen LogP contribution in [0.1, 0.15) is 5.56 Å². The Morgan fingerprint density at radius 2 is 1.61 bits per heavy atom. The van der Waals surface area contributed by atoms with Crippen molar-refractivity contribution >= 4 is 17.5 Å². The van der Waals surface area contributed by atoms with Gasteiger partial charge in [-0.05, 0) is 29.8 Å². The predicted molar refractivity (Wildman–Crippen MR) is 96.4 cm³/mol. The fourth-order valence-electron chi connectivity index (χ4n) is 2.43. The number of quaternary nitrogens is 1. The third-order valence-corrected chi connectivity index (χ3v) is 3.88. The Bertz CT molecular complexity index is 844. The first-order valence-corrected chi connectivity index (χ1v) is 8.44. The second-order valence-electron chi connectivity index (χ2n) is 6.21. The van der Waals surface area contributed by atoms with Crippen LogP contribution in [0.4, 0.5) is 18.9 Å². The Balaban J connectivity index is 1.79. The second-order valence-corrected chi connectivity index (χ2v) is 6.21. The maximum absolute atomic E-state index is 13.6. The number of ether oxygens (including phenoxy) is 1.